The van der Waals surface area contributed by atoms with Crippen LogP contribution in [0, 0.1) is 5.92 Å². The Morgan fingerprint density at radius 2 is 2.21 bits per heavy atom. The number of hydrazine groups is 1. The van der Waals surface area contributed by atoms with Crippen molar-refractivity contribution in [2.24, 2.45) is 5.92 Å². The standard InChI is InChI=1S/C16H21N3O3S2/c1-2-10-3-4-12-11(5-10)6-13(24-12)16(22)18-17-14(20)7-19-9-23-8-15(19)21/h6,10H,2-5,7-9H2,1H3,(H,17,20)(H,18,22)/t10-/m1/s1. The molecule has 1 aliphatic heterocycles. The molecular formula is C16H21N3O3S2. The van der Waals surface area contributed by atoms with Crippen molar-refractivity contribution in [3.05, 3.63) is 21.4 Å². The lowest BCUT2D eigenvalue weighted by Crippen LogP contribution is -2.46. The van der Waals surface area contributed by atoms with Crippen molar-refractivity contribution < 1.29 is 14.4 Å². The smallest absolute Gasteiger partial charge is 0.279 e. The Morgan fingerprint density at radius 1 is 1.38 bits per heavy atom. The van der Waals surface area contributed by atoms with Gasteiger partial charge >= 0.3 is 0 Å². The Balaban J connectivity index is 1.51. The van der Waals surface area contributed by atoms with Crippen LogP contribution < -0.4 is 10.9 Å². The van der Waals surface area contributed by atoms with E-state index in [-0.39, 0.29) is 24.3 Å². The van der Waals surface area contributed by atoms with Gasteiger partial charge in [0.25, 0.3) is 11.8 Å². The molecule has 3 amide bonds. The van der Waals surface area contributed by atoms with Gasteiger partial charge in [0, 0.05) is 4.88 Å². The molecule has 0 unspecified atom stereocenters. The maximum Gasteiger partial charge on any atom is 0.279 e. The van der Waals surface area contributed by atoms with E-state index in [0.29, 0.717) is 22.4 Å². The topological polar surface area (TPSA) is 78.5 Å². The highest BCUT2D eigenvalue weighted by Gasteiger charge is 2.24. The van der Waals surface area contributed by atoms with Crippen molar-refractivity contribution in [1.29, 1.82) is 0 Å². The number of aryl methyl sites for hydroxylation is 1. The summed E-state index contributed by atoms with van der Waals surface area (Å²) in [5.41, 5.74) is 6.12. The number of nitrogens with one attached hydrogen (secondary N) is 2. The minimum absolute atomic E-state index is 0.0226. The van der Waals surface area contributed by atoms with Gasteiger partial charge in [0.2, 0.25) is 5.91 Å². The molecule has 0 saturated carbocycles. The summed E-state index contributed by atoms with van der Waals surface area (Å²) in [7, 11) is 0. The molecule has 0 bridgehead atoms. The van der Waals surface area contributed by atoms with E-state index in [1.165, 1.54) is 51.3 Å². The molecule has 0 aromatic carbocycles. The molecule has 130 valence electrons. The third kappa shape index (κ3) is 3.92. The normalized spacial score (nSPS) is 20.0. The van der Waals surface area contributed by atoms with Crippen molar-refractivity contribution in [1.82, 2.24) is 15.8 Å². The fourth-order valence-electron chi connectivity index (χ4n) is 3.00. The number of fused-ring (bicyclic) bond motifs is 1. The Labute approximate surface area is 149 Å². The molecular weight excluding hydrogens is 346 g/mol. The second kappa shape index (κ2) is 7.57. The quantitative estimate of drug-likeness (QED) is 0.792. The van der Waals surface area contributed by atoms with Crippen LogP contribution in [0.1, 0.15) is 39.9 Å². The second-order valence-corrected chi connectivity index (χ2v) is 8.24. The predicted molar refractivity (Wildman–Crippen MR) is 94.8 cm³/mol. The minimum Gasteiger partial charge on any atom is -0.323 e. The fourth-order valence-corrected chi connectivity index (χ4v) is 5.01. The van der Waals surface area contributed by atoms with Gasteiger partial charge in [-0.3, -0.25) is 25.2 Å². The zero-order valence-corrected chi connectivity index (χ0v) is 15.2. The minimum atomic E-state index is -0.383. The van der Waals surface area contributed by atoms with Crippen molar-refractivity contribution in [3.63, 3.8) is 0 Å². The van der Waals surface area contributed by atoms with Crippen LogP contribution in [0.25, 0.3) is 0 Å². The molecule has 0 spiro atoms. The van der Waals surface area contributed by atoms with Crippen molar-refractivity contribution in [3.8, 4) is 0 Å². The molecule has 1 aromatic heterocycles. The average Bonchev–Trinajstić information content (AvgIpc) is 3.18. The van der Waals surface area contributed by atoms with E-state index in [9.17, 15) is 14.4 Å². The molecule has 0 radical (unpaired) electrons. The number of rotatable bonds is 4. The van der Waals surface area contributed by atoms with Crippen LogP contribution in [-0.4, -0.2) is 40.8 Å². The summed E-state index contributed by atoms with van der Waals surface area (Å²) >= 11 is 2.99. The Kier molecular flexibility index (Phi) is 5.45. The van der Waals surface area contributed by atoms with E-state index < -0.39 is 0 Å². The zero-order chi connectivity index (χ0) is 17.1. The summed E-state index contributed by atoms with van der Waals surface area (Å²) in [4.78, 5) is 38.9. The molecule has 2 heterocycles. The SMILES string of the molecule is CC[C@@H]1CCc2sc(C(=O)NNC(=O)CN3CSCC3=O)cc2C1. The number of hydrogen-bond donors (Lipinski definition) is 2. The van der Waals surface area contributed by atoms with Gasteiger partial charge in [-0.05, 0) is 36.8 Å². The molecule has 2 aliphatic rings. The van der Waals surface area contributed by atoms with E-state index in [0.717, 1.165) is 12.8 Å². The molecule has 1 aromatic rings. The Hall–Kier alpha value is -1.54. The lowest BCUT2D eigenvalue weighted by Gasteiger charge is -2.19. The number of amides is 3. The zero-order valence-electron chi connectivity index (χ0n) is 13.6. The van der Waals surface area contributed by atoms with E-state index in [2.05, 4.69) is 17.8 Å². The molecule has 1 atom stereocenters. The number of carbonyl (C=O) groups excluding carboxylic acids is 3. The molecule has 8 heteroatoms. The summed E-state index contributed by atoms with van der Waals surface area (Å²) in [6, 6.07) is 1.95. The van der Waals surface area contributed by atoms with Gasteiger partial charge in [-0.1, -0.05) is 13.3 Å². The second-order valence-electron chi connectivity index (χ2n) is 6.15. The van der Waals surface area contributed by atoms with E-state index in [4.69, 9.17) is 0 Å². The third-order valence-electron chi connectivity index (χ3n) is 4.46. The van der Waals surface area contributed by atoms with Crippen LogP contribution in [0.5, 0.6) is 0 Å². The monoisotopic (exact) mass is 367 g/mol. The highest BCUT2D eigenvalue weighted by molar-refractivity contribution is 8.00. The van der Waals surface area contributed by atoms with Crippen LogP contribution in [0.3, 0.4) is 0 Å². The van der Waals surface area contributed by atoms with Crippen molar-refractivity contribution in [2.75, 3.05) is 18.2 Å². The number of hydrogen-bond acceptors (Lipinski definition) is 5. The van der Waals surface area contributed by atoms with Crippen molar-refractivity contribution in [2.45, 2.75) is 32.6 Å². The van der Waals surface area contributed by atoms with Gasteiger partial charge in [0.15, 0.2) is 0 Å². The molecule has 6 nitrogen and oxygen atoms in total. The first-order valence-corrected chi connectivity index (χ1v) is 10.1. The molecule has 3 rings (SSSR count). The van der Waals surface area contributed by atoms with Gasteiger partial charge in [-0.15, -0.1) is 23.1 Å². The summed E-state index contributed by atoms with van der Waals surface area (Å²) in [6.07, 6.45) is 4.42. The molecule has 1 aliphatic carbocycles. The molecule has 1 fully saturated rings. The fraction of sp³-hybridized carbons (Fsp3) is 0.562. The van der Waals surface area contributed by atoms with Gasteiger partial charge in [0.1, 0.15) is 6.54 Å². The van der Waals surface area contributed by atoms with Crippen LogP contribution in [0.15, 0.2) is 6.07 Å². The first kappa shape index (κ1) is 17.3. The van der Waals surface area contributed by atoms with Crippen LogP contribution >= 0.6 is 23.1 Å². The highest BCUT2D eigenvalue weighted by atomic mass is 32.2. The summed E-state index contributed by atoms with van der Waals surface area (Å²) in [5.74, 6) is 0.927. The summed E-state index contributed by atoms with van der Waals surface area (Å²) in [6.45, 7) is 2.18. The van der Waals surface area contributed by atoms with Gasteiger partial charge in [-0.25, -0.2) is 0 Å². The van der Waals surface area contributed by atoms with Crippen molar-refractivity contribution >= 4 is 40.8 Å². The third-order valence-corrected chi connectivity index (χ3v) is 6.64. The summed E-state index contributed by atoms with van der Waals surface area (Å²) in [5, 5.41) is 0. The molecule has 24 heavy (non-hydrogen) atoms. The summed E-state index contributed by atoms with van der Waals surface area (Å²) < 4.78 is 0. The number of nitrogens with zero attached hydrogens (tertiary/aromatic N) is 1. The lowest BCUT2D eigenvalue weighted by molar-refractivity contribution is -0.132. The maximum atomic E-state index is 12.2. The van der Waals surface area contributed by atoms with E-state index >= 15 is 0 Å². The van der Waals surface area contributed by atoms with Crippen LogP contribution in [-0.2, 0) is 22.4 Å². The van der Waals surface area contributed by atoms with Crippen LogP contribution in [0.2, 0.25) is 0 Å². The van der Waals surface area contributed by atoms with E-state index in [1.807, 2.05) is 6.07 Å². The Morgan fingerprint density at radius 3 is 2.92 bits per heavy atom. The molecule has 2 N–H and O–H groups in total. The largest absolute Gasteiger partial charge is 0.323 e. The number of carbonyl (C=O) groups is 3. The number of thioether (sulfide) groups is 1. The Bertz CT molecular complexity index is 659. The molecule has 1 saturated heterocycles. The van der Waals surface area contributed by atoms with Gasteiger partial charge < -0.3 is 4.90 Å². The highest BCUT2D eigenvalue weighted by Crippen LogP contribution is 2.33. The maximum absolute atomic E-state index is 12.2. The number of thiophene rings is 1. The first-order chi connectivity index (χ1) is 11.6. The lowest BCUT2D eigenvalue weighted by atomic mass is 9.87. The van der Waals surface area contributed by atoms with Crippen LogP contribution in [0.4, 0.5) is 0 Å². The predicted octanol–water partition coefficient (Wildman–Crippen LogP) is 1.56. The first-order valence-electron chi connectivity index (χ1n) is 8.13. The van der Waals surface area contributed by atoms with Gasteiger partial charge in [-0.2, -0.15) is 0 Å². The van der Waals surface area contributed by atoms with E-state index in [1.54, 1.807) is 0 Å². The average molecular weight is 367 g/mol. The van der Waals surface area contributed by atoms with Gasteiger partial charge in [0.05, 0.1) is 16.5 Å².